The van der Waals surface area contributed by atoms with Gasteiger partial charge in [-0.15, -0.1) is 0 Å². The number of nitrogens with zero attached hydrogens (tertiary/aromatic N) is 1. The van der Waals surface area contributed by atoms with E-state index in [1.54, 1.807) is 13.1 Å². The zero-order valence-corrected chi connectivity index (χ0v) is 8.87. The smallest absolute Gasteiger partial charge is 0.481 e. The largest absolute Gasteiger partial charge is 0.494 e. The Labute approximate surface area is 84.8 Å². The predicted molar refractivity (Wildman–Crippen MR) is 53.1 cm³/mol. The first-order valence-electron chi connectivity index (χ1n) is 3.63. The van der Waals surface area contributed by atoms with Crippen LogP contribution in [0.4, 0.5) is 0 Å². The predicted octanol–water partition coefficient (Wildman–Crippen LogP) is -0.159. The summed E-state index contributed by atoms with van der Waals surface area (Å²) in [6.07, 6.45) is 1.56. The van der Waals surface area contributed by atoms with Crippen molar-refractivity contribution in [2.45, 2.75) is 6.92 Å². The third-order valence-corrected chi connectivity index (χ3v) is 2.54. The molecule has 2 N–H and O–H groups in total. The van der Waals surface area contributed by atoms with Crippen molar-refractivity contribution >= 4 is 28.5 Å². The summed E-state index contributed by atoms with van der Waals surface area (Å²) in [5, 5.41) is 18.1. The molecule has 1 aromatic heterocycles. The molecule has 6 heteroatoms. The molecule has 0 fully saturated rings. The highest BCUT2D eigenvalue weighted by molar-refractivity contribution is 9.10. The van der Waals surface area contributed by atoms with Crippen molar-refractivity contribution in [2.24, 2.45) is 0 Å². The van der Waals surface area contributed by atoms with Crippen LogP contribution in [0.15, 0.2) is 10.7 Å². The summed E-state index contributed by atoms with van der Waals surface area (Å²) in [5.74, 6) is 0.232. The number of methoxy groups -OCH3 is 1. The summed E-state index contributed by atoms with van der Waals surface area (Å²) >= 11 is 3.24. The van der Waals surface area contributed by atoms with E-state index in [4.69, 9.17) is 14.8 Å². The number of halogens is 1. The van der Waals surface area contributed by atoms with Gasteiger partial charge in [0.15, 0.2) is 0 Å². The van der Waals surface area contributed by atoms with Crippen LogP contribution in [0.3, 0.4) is 0 Å². The molecule has 0 bridgehead atoms. The summed E-state index contributed by atoms with van der Waals surface area (Å²) in [6.45, 7) is 1.75. The van der Waals surface area contributed by atoms with Crippen molar-refractivity contribution in [3.63, 3.8) is 0 Å². The van der Waals surface area contributed by atoms with Gasteiger partial charge in [-0.2, -0.15) is 0 Å². The van der Waals surface area contributed by atoms with Crippen LogP contribution in [0.1, 0.15) is 5.56 Å². The van der Waals surface area contributed by atoms with E-state index in [0.717, 1.165) is 4.47 Å². The molecule has 0 radical (unpaired) electrons. The van der Waals surface area contributed by atoms with E-state index in [-0.39, 0.29) is 11.3 Å². The molecular formula is C7H9BBrNO3. The highest BCUT2D eigenvalue weighted by Gasteiger charge is 2.22. The molecule has 0 spiro atoms. The first-order chi connectivity index (χ1) is 6.07. The van der Waals surface area contributed by atoms with Crippen molar-refractivity contribution in [3.8, 4) is 5.88 Å². The van der Waals surface area contributed by atoms with Crippen LogP contribution in [0.5, 0.6) is 5.88 Å². The van der Waals surface area contributed by atoms with Gasteiger partial charge in [-0.05, 0) is 28.4 Å². The minimum absolute atomic E-state index is 0.232. The Balaban J connectivity index is 3.32. The van der Waals surface area contributed by atoms with Gasteiger partial charge in [-0.1, -0.05) is 0 Å². The van der Waals surface area contributed by atoms with Crippen LogP contribution in [-0.4, -0.2) is 29.3 Å². The van der Waals surface area contributed by atoms with Gasteiger partial charge in [-0.3, -0.25) is 0 Å². The summed E-state index contributed by atoms with van der Waals surface area (Å²) in [7, 11) is -0.137. The fraction of sp³-hybridized carbons (Fsp3) is 0.286. The van der Waals surface area contributed by atoms with Crippen LogP contribution in [0, 0.1) is 6.92 Å². The van der Waals surface area contributed by atoms with Crippen molar-refractivity contribution in [3.05, 3.63) is 16.2 Å². The van der Waals surface area contributed by atoms with Gasteiger partial charge in [-0.25, -0.2) is 4.98 Å². The number of pyridine rings is 1. The molecule has 0 amide bonds. The summed E-state index contributed by atoms with van der Waals surface area (Å²) in [6, 6.07) is 0. The molecule has 0 atom stereocenters. The lowest BCUT2D eigenvalue weighted by Crippen LogP contribution is -2.34. The SMILES string of the molecule is COc1ncc(Br)c(C)c1B(O)O. The molecule has 13 heavy (non-hydrogen) atoms. The minimum atomic E-state index is -1.57. The zero-order chi connectivity index (χ0) is 10.0. The van der Waals surface area contributed by atoms with Crippen LogP contribution >= 0.6 is 15.9 Å². The molecule has 70 valence electrons. The average molecular weight is 246 g/mol. The van der Waals surface area contributed by atoms with Gasteiger partial charge >= 0.3 is 7.12 Å². The molecule has 1 aromatic rings. The van der Waals surface area contributed by atoms with E-state index in [1.165, 1.54) is 7.11 Å². The maximum Gasteiger partial charge on any atom is 0.494 e. The second-order valence-electron chi connectivity index (χ2n) is 2.53. The molecular weight excluding hydrogens is 237 g/mol. The molecule has 1 heterocycles. The highest BCUT2D eigenvalue weighted by Crippen LogP contribution is 2.16. The Hall–Kier alpha value is -0.585. The Kier molecular flexibility index (Phi) is 3.30. The van der Waals surface area contributed by atoms with Gasteiger partial charge in [0, 0.05) is 16.1 Å². The number of hydrogen-bond acceptors (Lipinski definition) is 4. The van der Waals surface area contributed by atoms with E-state index in [1.807, 2.05) is 0 Å². The summed E-state index contributed by atoms with van der Waals surface area (Å²) in [5.41, 5.74) is 0.999. The third kappa shape index (κ3) is 2.01. The maximum atomic E-state index is 9.06. The monoisotopic (exact) mass is 245 g/mol. The Bertz CT molecular complexity index is 319. The Morgan fingerprint density at radius 2 is 2.15 bits per heavy atom. The molecule has 0 saturated carbocycles. The lowest BCUT2D eigenvalue weighted by Gasteiger charge is -2.10. The number of hydrogen-bond donors (Lipinski definition) is 2. The topological polar surface area (TPSA) is 62.6 Å². The first kappa shape index (κ1) is 10.5. The first-order valence-corrected chi connectivity index (χ1v) is 4.42. The summed E-state index contributed by atoms with van der Waals surface area (Å²) in [4.78, 5) is 3.89. The molecule has 0 saturated heterocycles. The molecule has 4 nitrogen and oxygen atoms in total. The molecule has 0 aliphatic carbocycles. The highest BCUT2D eigenvalue weighted by atomic mass is 79.9. The number of ether oxygens (including phenoxy) is 1. The van der Waals surface area contributed by atoms with Crippen molar-refractivity contribution in [2.75, 3.05) is 7.11 Å². The normalized spacial score (nSPS) is 9.92. The molecule has 0 unspecified atom stereocenters. The van der Waals surface area contributed by atoms with E-state index >= 15 is 0 Å². The second kappa shape index (κ2) is 4.08. The van der Waals surface area contributed by atoms with E-state index in [2.05, 4.69) is 20.9 Å². The van der Waals surface area contributed by atoms with E-state index in [9.17, 15) is 0 Å². The maximum absolute atomic E-state index is 9.06. The van der Waals surface area contributed by atoms with E-state index in [0.29, 0.717) is 5.56 Å². The van der Waals surface area contributed by atoms with Crippen LogP contribution in [0.2, 0.25) is 0 Å². The van der Waals surface area contributed by atoms with Crippen LogP contribution in [0.25, 0.3) is 0 Å². The molecule has 0 aliphatic heterocycles. The lowest BCUT2D eigenvalue weighted by molar-refractivity contribution is 0.390. The van der Waals surface area contributed by atoms with Crippen molar-refractivity contribution < 1.29 is 14.8 Å². The second-order valence-corrected chi connectivity index (χ2v) is 3.38. The molecule has 0 aromatic carbocycles. The number of aromatic nitrogens is 1. The number of rotatable bonds is 2. The lowest BCUT2D eigenvalue weighted by atomic mass is 9.78. The van der Waals surface area contributed by atoms with Crippen LogP contribution < -0.4 is 10.2 Å². The third-order valence-electron chi connectivity index (χ3n) is 1.74. The minimum Gasteiger partial charge on any atom is -0.481 e. The van der Waals surface area contributed by atoms with Gasteiger partial charge in [0.05, 0.1) is 7.11 Å². The zero-order valence-electron chi connectivity index (χ0n) is 7.28. The molecule has 0 aliphatic rings. The molecule has 1 rings (SSSR count). The van der Waals surface area contributed by atoms with E-state index < -0.39 is 7.12 Å². The Morgan fingerprint density at radius 3 is 2.62 bits per heavy atom. The van der Waals surface area contributed by atoms with Gasteiger partial charge in [0.25, 0.3) is 0 Å². The van der Waals surface area contributed by atoms with Crippen molar-refractivity contribution in [1.29, 1.82) is 0 Å². The Morgan fingerprint density at radius 1 is 1.54 bits per heavy atom. The van der Waals surface area contributed by atoms with Gasteiger partial charge in [0.2, 0.25) is 5.88 Å². The van der Waals surface area contributed by atoms with Crippen molar-refractivity contribution in [1.82, 2.24) is 4.98 Å². The van der Waals surface area contributed by atoms with Crippen LogP contribution in [-0.2, 0) is 0 Å². The van der Waals surface area contributed by atoms with Gasteiger partial charge < -0.3 is 14.8 Å². The fourth-order valence-electron chi connectivity index (χ4n) is 1.04. The van der Waals surface area contributed by atoms with Gasteiger partial charge in [0.1, 0.15) is 0 Å². The average Bonchev–Trinajstić information content (AvgIpc) is 2.08. The standard InChI is InChI=1S/C7H9BBrNO3/c1-4-5(9)3-10-7(13-2)6(4)8(11)12/h3,11-12H,1-2H3. The summed E-state index contributed by atoms with van der Waals surface area (Å²) < 4.78 is 5.61. The fourth-order valence-corrected chi connectivity index (χ4v) is 1.35. The quantitative estimate of drug-likeness (QED) is 0.711.